The van der Waals surface area contributed by atoms with Crippen LogP contribution in [-0.2, 0) is 17.1 Å². The number of rotatable bonds is 6. The van der Waals surface area contributed by atoms with Crippen LogP contribution in [0.25, 0.3) is 21.5 Å². The number of nitrogens with zero attached hydrogens (tertiary/aromatic N) is 5. The van der Waals surface area contributed by atoms with Crippen molar-refractivity contribution in [2.75, 3.05) is 24.7 Å². The molecule has 0 bridgehead atoms. The van der Waals surface area contributed by atoms with E-state index in [4.69, 9.17) is 4.74 Å². The molecule has 11 heteroatoms. The summed E-state index contributed by atoms with van der Waals surface area (Å²) < 4.78 is 34.1. The Kier molecular flexibility index (Phi) is 5.77. The number of hydrogen-bond acceptors (Lipinski definition) is 8. The number of nitrogens with one attached hydrogen (secondary N) is 1. The number of pyridine rings is 1. The fourth-order valence-corrected chi connectivity index (χ4v) is 5.77. The minimum atomic E-state index is -3.18. The van der Waals surface area contributed by atoms with E-state index >= 15 is 0 Å². The van der Waals surface area contributed by atoms with E-state index in [0.29, 0.717) is 24.6 Å². The zero-order chi connectivity index (χ0) is 23.0. The first-order valence-corrected chi connectivity index (χ1v) is 13.3. The lowest BCUT2D eigenvalue weighted by Gasteiger charge is -2.31. The van der Waals surface area contributed by atoms with Gasteiger partial charge in [0.25, 0.3) is 0 Å². The fraction of sp³-hybridized carbons (Fsp3) is 0.318. The fourth-order valence-electron chi connectivity index (χ4n) is 3.89. The van der Waals surface area contributed by atoms with Crippen LogP contribution >= 0.6 is 11.3 Å². The van der Waals surface area contributed by atoms with Gasteiger partial charge in [-0.2, -0.15) is 5.10 Å². The lowest BCUT2D eigenvalue weighted by Crippen LogP contribution is -2.44. The molecule has 9 nitrogen and oxygen atoms in total. The number of thiazole rings is 1. The molecule has 1 atom stereocenters. The highest BCUT2D eigenvalue weighted by atomic mass is 32.2. The van der Waals surface area contributed by atoms with E-state index in [-0.39, 0.29) is 6.04 Å². The van der Waals surface area contributed by atoms with Crippen LogP contribution in [0.4, 0.5) is 5.13 Å². The third-order valence-corrected chi connectivity index (χ3v) is 7.73. The number of anilines is 1. The van der Waals surface area contributed by atoms with Crippen LogP contribution in [0.15, 0.2) is 48.9 Å². The number of hydrogen-bond donors (Lipinski definition) is 1. The molecule has 4 heterocycles. The number of aromatic nitrogens is 4. The largest absolute Gasteiger partial charge is 0.457 e. The monoisotopic (exact) mass is 484 g/mol. The Morgan fingerprint density at radius 3 is 2.85 bits per heavy atom. The van der Waals surface area contributed by atoms with Crippen LogP contribution in [0.5, 0.6) is 11.5 Å². The van der Waals surface area contributed by atoms with Crippen molar-refractivity contribution in [1.82, 2.24) is 24.1 Å². The van der Waals surface area contributed by atoms with Gasteiger partial charge in [0.2, 0.25) is 10.0 Å². The van der Waals surface area contributed by atoms with Gasteiger partial charge in [-0.05, 0) is 31.0 Å². The summed E-state index contributed by atoms with van der Waals surface area (Å²) in [6.45, 7) is 1.04. The van der Waals surface area contributed by atoms with Crippen molar-refractivity contribution in [2.45, 2.75) is 18.9 Å². The molecule has 5 rings (SSSR count). The average Bonchev–Trinajstić information content (AvgIpc) is 3.39. The van der Waals surface area contributed by atoms with E-state index in [2.05, 4.69) is 20.4 Å². The van der Waals surface area contributed by atoms with Crippen molar-refractivity contribution >= 4 is 36.7 Å². The molecule has 1 aliphatic rings. The lowest BCUT2D eigenvalue weighted by atomic mass is 10.1. The van der Waals surface area contributed by atoms with Crippen molar-refractivity contribution in [3.8, 4) is 22.8 Å². The maximum absolute atomic E-state index is 11.9. The number of piperidine rings is 1. The second kappa shape index (κ2) is 8.73. The average molecular weight is 485 g/mol. The third kappa shape index (κ3) is 5.00. The molecule has 0 aliphatic carbocycles. The maximum Gasteiger partial charge on any atom is 0.211 e. The van der Waals surface area contributed by atoms with Gasteiger partial charge in [0.1, 0.15) is 11.5 Å². The first kappa shape index (κ1) is 21.8. The van der Waals surface area contributed by atoms with E-state index < -0.39 is 10.0 Å². The Bertz CT molecular complexity index is 1400. The van der Waals surface area contributed by atoms with Gasteiger partial charge in [0.15, 0.2) is 5.13 Å². The summed E-state index contributed by atoms with van der Waals surface area (Å²) in [5, 5.41) is 8.39. The zero-order valence-corrected chi connectivity index (χ0v) is 19.9. The number of aryl methyl sites for hydroxylation is 1. The summed E-state index contributed by atoms with van der Waals surface area (Å²) in [5.74, 6) is 1.40. The topological polar surface area (TPSA) is 102 Å². The molecule has 1 fully saturated rings. The van der Waals surface area contributed by atoms with Crippen LogP contribution in [0.3, 0.4) is 0 Å². The van der Waals surface area contributed by atoms with Crippen molar-refractivity contribution < 1.29 is 13.2 Å². The molecule has 0 saturated carbocycles. The summed E-state index contributed by atoms with van der Waals surface area (Å²) in [6, 6.07) is 9.54. The smallest absolute Gasteiger partial charge is 0.211 e. The number of sulfonamides is 1. The molecule has 0 radical (unpaired) electrons. The van der Waals surface area contributed by atoms with E-state index in [1.807, 2.05) is 43.6 Å². The normalized spacial score (nSPS) is 17.3. The number of benzene rings is 1. The molecule has 1 aromatic carbocycles. The molecule has 172 valence electrons. The van der Waals surface area contributed by atoms with Gasteiger partial charge < -0.3 is 10.1 Å². The zero-order valence-electron chi connectivity index (χ0n) is 18.3. The van der Waals surface area contributed by atoms with E-state index in [1.54, 1.807) is 17.1 Å². The summed E-state index contributed by atoms with van der Waals surface area (Å²) in [6.07, 6.45) is 8.40. The molecule has 1 unspecified atom stereocenters. The van der Waals surface area contributed by atoms with Gasteiger partial charge >= 0.3 is 0 Å². The quantitative estimate of drug-likeness (QED) is 0.445. The standard InChI is InChI=1S/C22H24N6O3S2/c1-27-13-15(12-24-27)20-10-18(7-8-23-20)31-17-5-6-19-21(11-17)32-22(26-19)25-16-4-3-9-28(14-16)33(2,29)30/h5-8,10-13,16H,3-4,9,14H2,1-2H3,(H,25,26). The van der Waals surface area contributed by atoms with Gasteiger partial charge in [-0.25, -0.2) is 17.7 Å². The van der Waals surface area contributed by atoms with Gasteiger partial charge in [-0.3, -0.25) is 9.67 Å². The van der Waals surface area contributed by atoms with E-state index in [9.17, 15) is 8.42 Å². The van der Waals surface area contributed by atoms with Gasteiger partial charge in [0.05, 0.1) is 28.4 Å². The molecule has 0 amide bonds. The van der Waals surface area contributed by atoms with Crippen molar-refractivity contribution in [3.05, 3.63) is 48.9 Å². The minimum Gasteiger partial charge on any atom is -0.457 e. The second-order valence-corrected chi connectivity index (χ2v) is 11.1. The van der Waals surface area contributed by atoms with Gasteiger partial charge in [0, 0.05) is 56.3 Å². The molecule has 1 saturated heterocycles. The van der Waals surface area contributed by atoms with Crippen LogP contribution in [0.1, 0.15) is 12.8 Å². The highest BCUT2D eigenvalue weighted by Gasteiger charge is 2.26. The van der Waals surface area contributed by atoms with Crippen LogP contribution in [0.2, 0.25) is 0 Å². The molecular weight excluding hydrogens is 460 g/mol. The van der Waals surface area contributed by atoms with E-state index in [1.165, 1.54) is 21.9 Å². The lowest BCUT2D eigenvalue weighted by molar-refractivity contribution is 0.329. The predicted octanol–water partition coefficient (Wildman–Crippen LogP) is 3.72. The van der Waals surface area contributed by atoms with Crippen LogP contribution < -0.4 is 10.1 Å². The van der Waals surface area contributed by atoms with Crippen LogP contribution in [0, 0.1) is 0 Å². The molecule has 1 N–H and O–H groups in total. The summed E-state index contributed by atoms with van der Waals surface area (Å²) >= 11 is 1.53. The first-order chi connectivity index (χ1) is 15.8. The summed E-state index contributed by atoms with van der Waals surface area (Å²) in [5.41, 5.74) is 2.59. The highest BCUT2D eigenvalue weighted by Crippen LogP contribution is 2.33. The van der Waals surface area contributed by atoms with E-state index in [0.717, 1.165) is 39.4 Å². The number of ether oxygens (including phenoxy) is 1. The summed E-state index contributed by atoms with van der Waals surface area (Å²) in [7, 11) is -1.31. The van der Waals surface area contributed by atoms with Crippen molar-refractivity contribution in [2.24, 2.45) is 7.05 Å². The Labute approximate surface area is 196 Å². The molecule has 3 aromatic heterocycles. The second-order valence-electron chi connectivity index (χ2n) is 8.13. The van der Waals surface area contributed by atoms with Gasteiger partial charge in [-0.15, -0.1) is 0 Å². The molecule has 0 spiro atoms. The third-order valence-electron chi connectivity index (χ3n) is 5.51. The van der Waals surface area contributed by atoms with Crippen molar-refractivity contribution in [3.63, 3.8) is 0 Å². The Hall–Kier alpha value is -3.02. The molecule has 1 aliphatic heterocycles. The predicted molar refractivity (Wildman–Crippen MR) is 129 cm³/mol. The minimum absolute atomic E-state index is 0.0486. The molecule has 4 aromatic rings. The SMILES string of the molecule is Cn1cc(-c2cc(Oc3ccc4nc(NC5CCCN(S(C)(=O)=O)C5)sc4c3)ccn2)cn1. The Morgan fingerprint density at radius 1 is 1.21 bits per heavy atom. The van der Waals surface area contributed by atoms with Gasteiger partial charge in [-0.1, -0.05) is 11.3 Å². The first-order valence-electron chi connectivity index (χ1n) is 10.6. The molecular formula is C22H24N6O3S2. The van der Waals surface area contributed by atoms with Crippen molar-refractivity contribution in [1.29, 1.82) is 0 Å². The maximum atomic E-state index is 11.9. The number of fused-ring (bicyclic) bond motifs is 1. The Balaban J connectivity index is 1.31. The molecule has 33 heavy (non-hydrogen) atoms. The summed E-state index contributed by atoms with van der Waals surface area (Å²) in [4.78, 5) is 9.07. The highest BCUT2D eigenvalue weighted by molar-refractivity contribution is 7.88. The Morgan fingerprint density at radius 2 is 2.06 bits per heavy atom. The van der Waals surface area contributed by atoms with Crippen LogP contribution in [-0.4, -0.2) is 57.9 Å².